The summed E-state index contributed by atoms with van der Waals surface area (Å²) in [6.45, 7) is 8.84. The first kappa shape index (κ1) is 18.8. The molecule has 1 aliphatic heterocycles. The highest BCUT2D eigenvalue weighted by Gasteiger charge is 2.24. The number of rotatable bonds is 6. The molecule has 4 rings (SSSR count). The van der Waals surface area contributed by atoms with Crippen LogP contribution in [0.5, 0.6) is 0 Å². The summed E-state index contributed by atoms with van der Waals surface area (Å²) >= 11 is 8.88. The van der Waals surface area contributed by atoms with Crippen LogP contribution in [0.25, 0.3) is 0 Å². The van der Waals surface area contributed by atoms with Crippen LogP contribution >= 0.6 is 34.9 Å². The Hall–Kier alpha value is -1.58. The molecular formula is C19H25N5S3+2. The molecule has 1 saturated heterocycles. The van der Waals surface area contributed by atoms with E-state index in [1.165, 1.54) is 37.3 Å². The van der Waals surface area contributed by atoms with Crippen LogP contribution in [0, 0.1) is 10.9 Å². The molecule has 142 valence electrons. The van der Waals surface area contributed by atoms with Crippen molar-refractivity contribution >= 4 is 45.7 Å². The number of piperazine rings is 1. The molecule has 0 amide bonds. The van der Waals surface area contributed by atoms with Gasteiger partial charge in [0.25, 0.3) is 0 Å². The van der Waals surface area contributed by atoms with Crippen LogP contribution in [0.4, 0.5) is 10.8 Å². The summed E-state index contributed by atoms with van der Waals surface area (Å²) in [4.78, 5) is 3.24. The van der Waals surface area contributed by atoms with Crippen LogP contribution in [0.1, 0.15) is 11.1 Å². The summed E-state index contributed by atoms with van der Waals surface area (Å²) in [7, 11) is 0. The molecule has 0 atom stereocenters. The minimum Gasteiger partial charge on any atom is -0.330 e. The van der Waals surface area contributed by atoms with Crippen LogP contribution in [0.3, 0.4) is 0 Å². The first-order chi connectivity index (χ1) is 13.2. The lowest BCUT2D eigenvalue weighted by molar-refractivity contribution is -1.03. The van der Waals surface area contributed by atoms with Gasteiger partial charge >= 0.3 is 0 Å². The molecule has 5 nitrogen and oxygen atoms in total. The second kappa shape index (κ2) is 8.62. The standard InChI is InChI=1S/C19H23N5S3/c1-15-3-2-4-17(11-15)20-18-21-24(19(25)27-18)14-23-8-6-22(7-9-23)12-16-5-10-26-13-16/h2-5,10-11,13H,6-9,12,14H2,1H3,(H,20,21)/p+2. The lowest BCUT2D eigenvalue weighted by Crippen LogP contribution is -3.27. The number of anilines is 2. The van der Waals surface area contributed by atoms with E-state index in [9.17, 15) is 0 Å². The van der Waals surface area contributed by atoms with E-state index in [0.29, 0.717) is 0 Å². The van der Waals surface area contributed by atoms with E-state index in [4.69, 9.17) is 17.3 Å². The van der Waals surface area contributed by atoms with Crippen LogP contribution in [-0.2, 0) is 13.2 Å². The smallest absolute Gasteiger partial charge is 0.209 e. The quantitative estimate of drug-likeness (QED) is 0.533. The Balaban J connectivity index is 1.32. The molecule has 0 radical (unpaired) electrons. The molecule has 1 aliphatic rings. The molecular weight excluding hydrogens is 394 g/mol. The highest BCUT2D eigenvalue weighted by Crippen LogP contribution is 2.20. The Morgan fingerprint density at radius 3 is 2.74 bits per heavy atom. The summed E-state index contributed by atoms with van der Waals surface area (Å²) < 4.78 is 2.82. The van der Waals surface area contributed by atoms with Gasteiger partial charge in [-0.05, 0) is 53.7 Å². The number of hydrogen-bond donors (Lipinski definition) is 3. The third-order valence-electron chi connectivity index (χ3n) is 4.95. The minimum absolute atomic E-state index is 0.839. The van der Waals surface area contributed by atoms with Crippen LogP contribution in [0.2, 0.25) is 0 Å². The number of quaternary nitrogens is 2. The van der Waals surface area contributed by atoms with E-state index < -0.39 is 0 Å². The summed E-state index contributed by atoms with van der Waals surface area (Å²) in [5.74, 6) is 0. The van der Waals surface area contributed by atoms with Crippen LogP contribution in [-0.4, -0.2) is 36.0 Å². The third kappa shape index (κ3) is 5.03. The molecule has 3 aromatic rings. The van der Waals surface area contributed by atoms with Crippen molar-refractivity contribution in [3.8, 4) is 0 Å². The molecule has 0 aliphatic carbocycles. The molecule has 2 aromatic heterocycles. The Morgan fingerprint density at radius 1 is 1.19 bits per heavy atom. The van der Waals surface area contributed by atoms with Crippen molar-refractivity contribution in [1.82, 2.24) is 9.78 Å². The maximum absolute atomic E-state index is 5.54. The fourth-order valence-corrected chi connectivity index (χ4v) is 5.18. The van der Waals surface area contributed by atoms with Gasteiger partial charge in [-0.25, -0.2) is 0 Å². The maximum Gasteiger partial charge on any atom is 0.209 e. The third-order valence-corrected chi connectivity index (χ3v) is 6.90. The van der Waals surface area contributed by atoms with Crippen molar-refractivity contribution in [2.75, 3.05) is 31.5 Å². The maximum atomic E-state index is 5.54. The van der Waals surface area contributed by atoms with Crippen molar-refractivity contribution in [2.24, 2.45) is 0 Å². The predicted octanol–water partition coefficient (Wildman–Crippen LogP) is 1.73. The van der Waals surface area contributed by atoms with Gasteiger partial charge in [0.15, 0.2) is 10.6 Å². The average Bonchev–Trinajstić information content (AvgIpc) is 3.27. The van der Waals surface area contributed by atoms with E-state index in [0.717, 1.165) is 28.0 Å². The van der Waals surface area contributed by atoms with E-state index in [-0.39, 0.29) is 0 Å². The number of nitrogens with one attached hydrogen (secondary N) is 3. The molecule has 1 fully saturated rings. The predicted molar refractivity (Wildman–Crippen MR) is 115 cm³/mol. The molecule has 0 unspecified atom stereocenters. The van der Waals surface area contributed by atoms with Crippen LogP contribution in [0.15, 0.2) is 41.1 Å². The van der Waals surface area contributed by atoms with E-state index in [1.54, 1.807) is 32.5 Å². The number of aryl methyl sites for hydroxylation is 1. The summed E-state index contributed by atoms with van der Waals surface area (Å²) in [5, 5.41) is 13.4. The Kier molecular flexibility index (Phi) is 5.99. The van der Waals surface area contributed by atoms with Crippen molar-refractivity contribution in [1.29, 1.82) is 0 Å². The van der Waals surface area contributed by atoms with Crippen molar-refractivity contribution in [3.05, 3.63) is 56.2 Å². The number of benzene rings is 1. The monoisotopic (exact) mass is 419 g/mol. The number of hydrogen-bond acceptors (Lipinski definition) is 5. The Morgan fingerprint density at radius 2 is 2.00 bits per heavy atom. The molecule has 0 saturated carbocycles. The molecule has 0 bridgehead atoms. The van der Waals surface area contributed by atoms with E-state index >= 15 is 0 Å². The topological polar surface area (TPSA) is 38.7 Å². The second-order valence-corrected chi connectivity index (χ2v) is 9.54. The molecule has 0 spiro atoms. The summed E-state index contributed by atoms with van der Waals surface area (Å²) in [6, 6.07) is 10.6. The first-order valence-corrected chi connectivity index (χ1v) is 11.4. The molecule has 27 heavy (non-hydrogen) atoms. The Labute approximate surface area is 172 Å². The van der Waals surface area contributed by atoms with Crippen molar-refractivity contribution in [3.63, 3.8) is 0 Å². The highest BCUT2D eigenvalue weighted by atomic mass is 32.1. The van der Waals surface area contributed by atoms with Crippen molar-refractivity contribution < 1.29 is 9.80 Å². The van der Waals surface area contributed by atoms with Gasteiger partial charge in [0.1, 0.15) is 32.7 Å². The average molecular weight is 420 g/mol. The van der Waals surface area contributed by atoms with Gasteiger partial charge in [-0.1, -0.05) is 23.5 Å². The largest absolute Gasteiger partial charge is 0.330 e. The molecule has 8 heteroatoms. The van der Waals surface area contributed by atoms with E-state index in [1.807, 2.05) is 4.68 Å². The lowest BCUT2D eigenvalue weighted by Gasteiger charge is -2.29. The minimum atomic E-state index is 0.839. The SMILES string of the molecule is Cc1cccc(Nc2nn(C[NH+]3CC[NH+](Cc4ccsc4)CC3)c(=S)s2)c1. The highest BCUT2D eigenvalue weighted by molar-refractivity contribution is 7.73. The van der Waals surface area contributed by atoms with Gasteiger partial charge in [0, 0.05) is 11.3 Å². The van der Waals surface area contributed by atoms with Gasteiger partial charge in [-0.15, -0.1) is 5.10 Å². The molecule has 3 N–H and O–H groups in total. The number of aromatic nitrogens is 2. The summed E-state index contributed by atoms with van der Waals surface area (Å²) in [6.07, 6.45) is 0. The fraction of sp³-hybridized carbons (Fsp3) is 0.368. The number of nitrogens with zero attached hydrogens (tertiary/aromatic N) is 2. The fourth-order valence-electron chi connectivity index (χ4n) is 3.49. The molecule has 1 aromatic carbocycles. The molecule has 3 heterocycles. The first-order valence-electron chi connectivity index (χ1n) is 9.25. The van der Waals surface area contributed by atoms with Gasteiger partial charge in [0.2, 0.25) is 5.13 Å². The lowest BCUT2D eigenvalue weighted by atomic mass is 10.2. The van der Waals surface area contributed by atoms with E-state index in [2.05, 4.69) is 53.3 Å². The zero-order valence-corrected chi connectivity index (χ0v) is 17.9. The van der Waals surface area contributed by atoms with Gasteiger partial charge in [-0.2, -0.15) is 16.0 Å². The van der Waals surface area contributed by atoms with Crippen molar-refractivity contribution in [2.45, 2.75) is 20.1 Å². The second-order valence-electron chi connectivity index (χ2n) is 7.13. The number of thiophene rings is 1. The zero-order valence-electron chi connectivity index (χ0n) is 15.4. The van der Waals surface area contributed by atoms with Gasteiger partial charge in [0.05, 0.1) is 0 Å². The normalized spacial score (nSPS) is 19.9. The zero-order chi connectivity index (χ0) is 18.6. The van der Waals surface area contributed by atoms with Gasteiger partial charge < -0.3 is 15.1 Å². The van der Waals surface area contributed by atoms with Gasteiger partial charge in [-0.3, -0.25) is 0 Å². The van der Waals surface area contributed by atoms with Crippen LogP contribution < -0.4 is 15.1 Å². The Bertz CT molecular complexity index is 923. The summed E-state index contributed by atoms with van der Waals surface area (Å²) in [5.41, 5.74) is 3.76.